The number of aliphatic hydroxyl groups excluding tert-OH is 1. The molecule has 1 N–H and O–H groups in total. The average Bonchev–Trinajstić information content (AvgIpc) is 2.47. The van der Waals surface area contributed by atoms with Crippen molar-refractivity contribution in [2.24, 2.45) is 5.92 Å². The topological polar surface area (TPSA) is 23.5 Å². The lowest BCUT2D eigenvalue weighted by Crippen LogP contribution is -2.41. The van der Waals surface area contributed by atoms with E-state index in [9.17, 15) is 9.50 Å². The number of hydrogen-bond acceptors (Lipinski definition) is 2. The number of likely N-dealkylation sites (tertiary alicyclic amines) is 1. The highest BCUT2D eigenvalue weighted by Gasteiger charge is 2.29. The molecule has 5 heteroatoms. The van der Waals surface area contributed by atoms with Crippen LogP contribution in [0.3, 0.4) is 0 Å². The van der Waals surface area contributed by atoms with Crippen molar-refractivity contribution in [2.75, 3.05) is 31.6 Å². The fourth-order valence-corrected chi connectivity index (χ4v) is 3.33. The Morgan fingerprint density at radius 3 is 2.90 bits per heavy atom. The molecule has 2 rings (SSSR count). The monoisotopic (exact) mass is 363 g/mol. The molecule has 1 saturated heterocycles. The molecule has 0 radical (unpaired) electrons. The van der Waals surface area contributed by atoms with Gasteiger partial charge in [0.2, 0.25) is 0 Å². The van der Waals surface area contributed by atoms with E-state index < -0.39 is 0 Å². The highest BCUT2D eigenvalue weighted by Crippen LogP contribution is 2.34. The van der Waals surface area contributed by atoms with Gasteiger partial charge >= 0.3 is 0 Å². The molecule has 1 aromatic rings. The van der Waals surface area contributed by atoms with Crippen molar-refractivity contribution < 1.29 is 9.50 Å². The van der Waals surface area contributed by atoms with Gasteiger partial charge in [0.1, 0.15) is 5.82 Å². The smallest absolute Gasteiger partial charge is 0.142 e. The summed E-state index contributed by atoms with van der Waals surface area (Å²) in [6.07, 6.45) is 2.06. The molecular formula is C15H20BrClFNO. The Balaban J connectivity index is 2.06. The molecule has 20 heavy (non-hydrogen) atoms. The van der Waals surface area contributed by atoms with Gasteiger partial charge in [0.15, 0.2) is 0 Å². The van der Waals surface area contributed by atoms with Gasteiger partial charge in [-0.1, -0.05) is 33.6 Å². The maximum atomic E-state index is 13.6. The lowest BCUT2D eigenvalue weighted by Gasteiger charge is -2.38. The minimum Gasteiger partial charge on any atom is -0.396 e. The van der Waals surface area contributed by atoms with Gasteiger partial charge in [-0.05, 0) is 49.5 Å². The van der Waals surface area contributed by atoms with Crippen molar-refractivity contribution in [3.05, 3.63) is 34.6 Å². The molecule has 2 atom stereocenters. The predicted octanol–water partition coefficient (Wildman–Crippen LogP) is 3.66. The Morgan fingerprint density at radius 2 is 2.25 bits per heavy atom. The summed E-state index contributed by atoms with van der Waals surface area (Å²) in [4.78, 5) is 2.38. The molecule has 1 aromatic carbocycles. The Kier molecular flexibility index (Phi) is 6.27. The summed E-state index contributed by atoms with van der Waals surface area (Å²) < 4.78 is 13.6. The van der Waals surface area contributed by atoms with Gasteiger partial charge in [-0.3, -0.25) is 0 Å². The third-order valence-electron chi connectivity index (χ3n) is 4.03. The van der Waals surface area contributed by atoms with Gasteiger partial charge in [-0.15, -0.1) is 0 Å². The van der Waals surface area contributed by atoms with Crippen LogP contribution in [0.25, 0.3) is 0 Å². The number of halogens is 3. The first-order valence-corrected chi connectivity index (χ1v) is 8.49. The summed E-state index contributed by atoms with van der Waals surface area (Å²) in [6, 6.07) is 5.01. The van der Waals surface area contributed by atoms with Gasteiger partial charge in [0, 0.05) is 24.4 Å². The van der Waals surface area contributed by atoms with Crippen molar-refractivity contribution in [3.8, 4) is 0 Å². The SMILES string of the molecule is OC[C@@H]1CN(CCCBr)CCC1c1ccc(Cl)c(F)c1. The van der Waals surface area contributed by atoms with Gasteiger partial charge < -0.3 is 10.0 Å². The van der Waals surface area contributed by atoms with Gasteiger partial charge in [0.05, 0.1) is 5.02 Å². The van der Waals surface area contributed by atoms with Gasteiger partial charge in [0.25, 0.3) is 0 Å². The van der Waals surface area contributed by atoms with Crippen LogP contribution < -0.4 is 0 Å². The van der Waals surface area contributed by atoms with Crippen LogP contribution in [0.15, 0.2) is 18.2 Å². The molecule has 0 saturated carbocycles. The Morgan fingerprint density at radius 1 is 1.45 bits per heavy atom. The second kappa shape index (κ2) is 7.74. The third-order valence-corrected chi connectivity index (χ3v) is 4.90. The first kappa shape index (κ1) is 16.2. The van der Waals surface area contributed by atoms with Crippen molar-refractivity contribution in [3.63, 3.8) is 0 Å². The lowest BCUT2D eigenvalue weighted by molar-refractivity contribution is 0.102. The van der Waals surface area contributed by atoms with Crippen molar-refractivity contribution in [1.82, 2.24) is 4.90 Å². The van der Waals surface area contributed by atoms with Gasteiger partial charge in [-0.2, -0.15) is 0 Å². The molecule has 1 unspecified atom stereocenters. The normalized spacial score (nSPS) is 24.0. The highest BCUT2D eigenvalue weighted by atomic mass is 79.9. The Labute approximate surface area is 133 Å². The second-order valence-corrected chi connectivity index (χ2v) is 6.55. The summed E-state index contributed by atoms with van der Waals surface area (Å²) in [6.45, 7) is 3.06. The van der Waals surface area contributed by atoms with Gasteiger partial charge in [-0.25, -0.2) is 4.39 Å². The molecule has 112 valence electrons. The molecule has 0 bridgehead atoms. The molecule has 0 aliphatic carbocycles. The summed E-state index contributed by atoms with van der Waals surface area (Å²) in [5.41, 5.74) is 0.950. The molecule has 1 fully saturated rings. The van der Waals surface area contributed by atoms with Crippen molar-refractivity contribution in [2.45, 2.75) is 18.8 Å². The molecule has 2 nitrogen and oxygen atoms in total. The number of nitrogens with zero attached hydrogens (tertiary/aromatic N) is 1. The molecule has 1 aliphatic heterocycles. The highest BCUT2D eigenvalue weighted by molar-refractivity contribution is 9.09. The fraction of sp³-hybridized carbons (Fsp3) is 0.600. The maximum Gasteiger partial charge on any atom is 0.142 e. The zero-order valence-corrected chi connectivity index (χ0v) is 13.7. The number of hydrogen-bond donors (Lipinski definition) is 1. The summed E-state index contributed by atoms with van der Waals surface area (Å²) in [5.74, 6) is 0.00853. The predicted molar refractivity (Wildman–Crippen MR) is 84.2 cm³/mol. The third kappa shape index (κ3) is 3.94. The summed E-state index contributed by atoms with van der Waals surface area (Å²) in [7, 11) is 0. The van der Waals surface area contributed by atoms with Crippen LogP contribution in [0.4, 0.5) is 4.39 Å². The number of rotatable bonds is 5. The number of alkyl halides is 1. The minimum absolute atomic E-state index is 0.139. The van der Waals surface area contributed by atoms with E-state index in [2.05, 4.69) is 20.8 Å². The van der Waals surface area contributed by atoms with Crippen LogP contribution in [0, 0.1) is 11.7 Å². The molecule has 1 aliphatic rings. The molecular weight excluding hydrogens is 345 g/mol. The molecule has 0 spiro atoms. The van der Waals surface area contributed by atoms with Crippen molar-refractivity contribution in [1.29, 1.82) is 0 Å². The quantitative estimate of drug-likeness (QED) is 0.806. The Hall–Kier alpha value is -0.160. The lowest BCUT2D eigenvalue weighted by atomic mass is 9.81. The largest absolute Gasteiger partial charge is 0.396 e. The summed E-state index contributed by atoms with van der Waals surface area (Å²) in [5, 5.41) is 10.8. The number of piperidine rings is 1. The van der Waals surface area contributed by atoms with E-state index in [-0.39, 0.29) is 29.3 Å². The minimum atomic E-state index is -0.373. The fourth-order valence-electron chi connectivity index (χ4n) is 2.96. The summed E-state index contributed by atoms with van der Waals surface area (Å²) >= 11 is 9.17. The number of benzene rings is 1. The van der Waals surface area contributed by atoms with Crippen molar-refractivity contribution >= 4 is 27.5 Å². The molecule has 0 aromatic heterocycles. The van der Waals surface area contributed by atoms with E-state index in [1.165, 1.54) is 6.07 Å². The first-order chi connectivity index (χ1) is 9.65. The van der Waals surface area contributed by atoms with E-state index in [0.29, 0.717) is 0 Å². The second-order valence-electron chi connectivity index (χ2n) is 5.35. The average molecular weight is 365 g/mol. The zero-order chi connectivity index (χ0) is 14.5. The van der Waals surface area contributed by atoms with Crippen LogP contribution in [-0.2, 0) is 0 Å². The van der Waals surface area contributed by atoms with E-state index in [0.717, 1.165) is 43.4 Å². The van der Waals surface area contributed by atoms with Crippen LogP contribution >= 0.6 is 27.5 Å². The van der Waals surface area contributed by atoms with E-state index in [4.69, 9.17) is 11.6 Å². The molecule has 1 heterocycles. The van der Waals surface area contributed by atoms with Crippen LogP contribution in [0.5, 0.6) is 0 Å². The number of aliphatic hydroxyl groups is 1. The van der Waals surface area contributed by atoms with Crippen LogP contribution in [0.1, 0.15) is 24.3 Å². The van der Waals surface area contributed by atoms with Crippen LogP contribution in [0.2, 0.25) is 5.02 Å². The van der Waals surface area contributed by atoms with E-state index >= 15 is 0 Å². The maximum absolute atomic E-state index is 13.6. The Bertz CT molecular complexity index is 446. The molecule has 0 amide bonds. The first-order valence-electron chi connectivity index (χ1n) is 6.99. The standard InChI is InChI=1S/C15H20BrClFNO/c16-5-1-6-19-7-4-13(12(9-19)10-20)11-2-3-14(17)15(18)8-11/h2-3,8,12-13,20H,1,4-7,9-10H2/t12-,13?/m0/s1. The van der Waals surface area contributed by atoms with E-state index in [1.807, 2.05) is 6.07 Å². The van der Waals surface area contributed by atoms with E-state index in [1.54, 1.807) is 6.07 Å². The zero-order valence-electron chi connectivity index (χ0n) is 11.4. The van der Waals surface area contributed by atoms with Crippen LogP contribution in [-0.4, -0.2) is 41.6 Å².